The number of fused-ring (bicyclic) bond motifs is 4. The van der Waals surface area contributed by atoms with Gasteiger partial charge in [-0.25, -0.2) is 0 Å². The fourth-order valence-electron chi connectivity index (χ4n) is 4.45. The minimum atomic E-state index is 0.0875. The van der Waals surface area contributed by atoms with Gasteiger partial charge >= 0.3 is 0 Å². The number of rotatable bonds is 4. The van der Waals surface area contributed by atoms with Gasteiger partial charge in [0.2, 0.25) is 5.91 Å². The number of para-hydroxylation sites is 1. The molecule has 142 valence electrons. The number of aromatic amines is 1. The molecular weight excluding hydrogens is 350 g/mol. The number of aromatic nitrogens is 1. The topological polar surface area (TPSA) is 56.4 Å². The zero-order valence-corrected chi connectivity index (χ0v) is 15.8. The molecule has 0 spiro atoms. The minimum Gasteiger partial charge on any atom is -0.358 e. The molecule has 0 aliphatic carbocycles. The van der Waals surface area contributed by atoms with Gasteiger partial charge in [0.15, 0.2) is 0 Å². The van der Waals surface area contributed by atoms with E-state index in [1.165, 1.54) is 16.6 Å². The van der Waals surface area contributed by atoms with Crippen LogP contribution in [0.15, 0.2) is 48.5 Å². The Balaban J connectivity index is 1.19. The van der Waals surface area contributed by atoms with Gasteiger partial charge in [-0.05, 0) is 24.1 Å². The van der Waals surface area contributed by atoms with Gasteiger partial charge in [0.05, 0.1) is 0 Å². The molecule has 2 amide bonds. The summed E-state index contributed by atoms with van der Waals surface area (Å²) >= 11 is 0. The number of hydrogen-bond donors (Lipinski definition) is 1. The summed E-state index contributed by atoms with van der Waals surface area (Å²) in [6, 6.07) is 16.0. The maximum atomic E-state index is 12.8. The molecule has 2 aromatic carbocycles. The molecule has 1 aromatic heterocycles. The Morgan fingerprint density at radius 1 is 1.04 bits per heavy atom. The molecule has 3 aromatic rings. The Hall–Kier alpha value is -3.08. The normalized spacial score (nSPS) is 15.8. The van der Waals surface area contributed by atoms with Gasteiger partial charge in [-0.1, -0.05) is 36.4 Å². The summed E-state index contributed by atoms with van der Waals surface area (Å²) in [5.41, 5.74) is 5.54. The van der Waals surface area contributed by atoms with E-state index in [-0.39, 0.29) is 11.8 Å². The van der Waals surface area contributed by atoms with Crippen LogP contribution in [0.25, 0.3) is 10.9 Å². The highest BCUT2D eigenvalue weighted by molar-refractivity contribution is 5.98. The number of nitrogens with one attached hydrogen (secondary N) is 1. The molecule has 3 heterocycles. The molecular formula is C23H23N3O2. The Morgan fingerprint density at radius 3 is 2.75 bits per heavy atom. The second-order valence-electron chi connectivity index (χ2n) is 7.68. The van der Waals surface area contributed by atoms with Crippen molar-refractivity contribution in [1.82, 2.24) is 14.8 Å². The molecule has 0 atom stereocenters. The van der Waals surface area contributed by atoms with E-state index in [9.17, 15) is 9.59 Å². The minimum absolute atomic E-state index is 0.0875. The molecule has 0 saturated carbocycles. The van der Waals surface area contributed by atoms with E-state index in [1.54, 1.807) is 0 Å². The van der Waals surface area contributed by atoms with E-state index in [1.807, 2.05) is 46.2 Å². The van der Waals surface area contributed by atoms with E-state index in [4.69, 9.17) is 0 Å². The molecule has 5 heteroatoms. The number of carbonyl (C=O) groups excluding carboxylic acids is 2. The van der Waals surface area contributed by atoms with E-state index < -0.39 is 0 Å². The Labute approximate surface area is 163 Å². The smallest absolute Gasteiger partial charge is 0.254 e. The molecule has 28 heavy (non-hydrogen) atoms. The van der Waals surface area contributed by atoms with Crippen molar-refractivity contribution in [2.75, 3.05) is 13.1 Å². The van der Waals surface area contributed by atoms with E-state index in [0.717, 1.165) is 29.6 Å². The Bertz CT molecular complexity index is 1070. The van der Waals surface area contributed by atoms with Crippen molar-refractivity contribution in [2.24, 2.45) is 0 Å². The number of H-pyrrole nitrogens is 1. The zero-order valence-electron chi connectivity index (χ0n) is 15.8. The van der Waals surface area contributed by atoms with Crippen LogP contribution >= 0.6 is 0 Å². The SMILES string of the molecule is O=C(CCCN1Cc2ccccc2C1=O)N1CCc2[nH]c3ccccc3c2C1. The lowest BCUT2D eigenvalue weighted by atomic mass is 10.0. The predicted molar refractivity (Wildman–Crippen MR) is 108 cm³/mol. The van der Waals surface area contributed by atoms with Crippen LogP contribution < -0.4 is 0 Å². The van der Waals surface area contributed by atoms with Crippen LogP contribution in [-0.2, 0) is 24.3 Å². The van der Waals surface area contributed by atoms with Crippen molar-refractivity contribution in [2.45, 2.75) is 32.4 Å². The van der Waals surface area contributed by atoms with Crippen LogP contribution in [0.4, 0.5) is 0 Å². The van der Waals surface area contributed by atoms with Gasteiger partial charge in [0.1, 0.15) is 0 Å². The lowest BCUT2D eigenvalue weighted by Gasteiger charge is -2.27. The second kappa shape index (κ2) is 6.82. The van der Waals surface area contributed by atoms with E-state index >= 15 is 0 Å². The summed E-state index contributed by atoms with van der Waals surface area (Å²) < 4.78 is 0. The van der Waals surface area contributed by atoms with Crippen molar-refractivity contribution in [1.29, 1.82) is 0 Å². The number of nitrogens with zero attached hydrogens (tertiary/aromatic N) is 2. The van der Waals surface area contributed by atoms with E-state index in [0.29, 0.717) is 32.5 Å². The summed E-state index contributed by atoms with van der Waals surface area (Å²) in [6.45, 7) is 2.72. The third-order valence-corrected chi connectivity index (χ3v) is 5.95. The molecule has 0 bridgehead atoms. The van der Waals surface area contributed by atoms with Gasteiger partial charge in [-0.3, -0.25) is 9.59 Å². The maximum absolute atomic E-state index is 12.8. The van der Waals surface area contributed by atoms with Gasteiger partial charge in [-0.15, -0.1) is 0 Å². The highest BCUT2D eigenvalue weighted by Crippen LogP contribution is 2.28. The number of hydrogen-bond acceptors (Lipinski definition) is 2. The average molecular weight is 373 g/mol. The van der Waals surface area contributed by atoms with Crippen molar-refractivity contribution < 1.29 is 9.59 Å². The fraction of sp³-hybridized carbons (Fsp3) is 0.304. The van der Waals surface area contributed by atoms with Crippen molar-refractivity contribution in [3.63, 3.8) is 0 Å². The third-order valence-electron chi connectivity index (χ3n) is 5.95. The van der Waals surface area contributed by atoms with Gasteiger partial charge in [0, 0.05) is 66.7 Å². The summed E-state index contributed by atoms with van der Waals surface area (Å²) in [4.78, 5) is 32.5. The number of carbonyl (C=O) groups is 2. The van der Waals surface area contributed by atoms with E-state index in [2.05, 4.69) is 17.1 Å². The highest BCUT2D eigenvalue weighted by atomic mass is 16.2. The second-order valence-corrected chi connectivity index (χ2v) is 7.68. The van der Waals surface area contributed by atoms with Gasteiger partial charge in [-0.2, -0.15) is 0 Å². The maximum Gasteiger partial charge on any atom is 0.254 e. The van der Waals surface area contributed by atoms with Gasteiger partial charge < -0.3 is 14.8 Å². The summed E-state index contributed by atoms with van der Waals surface area (Å²) in [5, 5.41) is 1.22. The van der Waals surface area contributed by atoms with Crippen LogP contribution in [0.5, 0.6) is 0 Å². The summed E-state index contributed by atoms with van der Waals surface area (Å²) in [6.07, 6.45) is 2.06. The first-order chi connectivity index (χ1) is 13.7. The summed E-state index contributed by atoms with van der Waals surface area (Å²) in [7, 11) is 0. The lowest BCUT2D eigenvalue weighted by Crippen LogP contribution is -2.36. The molecule has 2 aliphatic rings. The summed E-state index contributed by atoms with van der Waals surface area (Å²) in [5.74, 6) is 0.268. The lowest BCUT2D eigenvalue weighted by molar-refractivity contribution is -0.132. The number of benzene rings is 2. The Morgan fingerprint density at radius 2 is 1.86 bits per heavy atom. The monoisotopic (exact) mass is 373 g/mol. The molecule has 0 fully saturated rings. The molecule has 0 radical (unpaired) electrons. The van der Waals surface area contributed by atoms with Gasteiger partial charge in [0.25, 0.3) is 5.91 Å². The first-order valence-electron chi connectivity index (χ1n) is 9.94. The van der Waals surface area contributed by atoms with Crippen LogP contribution in [0.3, 0.4) is 0 Å². The average Bonchev–Trinajstić information content (AvgIpc) is 3.25. The first-order valence-corrected chi connectivity index (χ1v) is 9.94. The molecule has 5 nitrogen and oxygen atoms in total. The number of amides is 2. The molecule has 1 N–H and O–H groups in total. The Kier molecular flexibility index (Phi) is 4.15. The molecule has 2 aliphatic heterocycles. The highest BCUT2D eigenvalue weighted by Gasteiger charge is 2.27. The van der Waals surface area contributed by atoms with Crippen LogP contribution in [0.1, 0.15) is 40.0 Å². The van der Waals surface area contributed by atoms with Crippen LogP contribution in [0.2, 0.25) is 0 Å². The quantitative estimate of drug-likeness (QED) is 0.761. The van der Waals surface area contributed by atoms with Crippen molar-refractivity contribution >= 4 is 22.7 Å². The molecule has 5 rings (SSSR count). The standard InChI is InChI=1S/C23H23N3O2/c27-22(10-5-12-26-14-16-6-1-2-7-17(16)23(26)28)25-13-11-21-19(15-25)18-8-3-4-9-20(18)24-21/h1-4,6-9,24H,5,10-15H2. The molecule has 0 saturated heterocycles. The zero-order chi connectivity index (χ0) is 19.1. The fourth-order valence-corrected chi connectivity index (χ4v) is 4.45. The van der Waals surface area contributed by atoms with Crippen molar-refractivity contribution in [3.05, 3.63) is 70.9 Å². The van der Waals surface area contributed by atoms with Crippen molar-refractivity contribution in [3.8, 4) is 0 Å². The largest absolute Gasteiger partial charge is 0.358 e. The molecule has 0 unspecified atom stereocenters. The third kappa shape index (κ3) is 2.87. The van der Waals surface area contributed by atoms with Crippen LogP contribution in [0, 0.1) is 0 Å². The predicted octanol–water partition coefficient (Wildman–Crippen LogP) is 3.49. The van der Waals surface area contributed by atoms with Crippen LogP contribution in [-0.4, -0.2) is 39.7 Å². The first kappa shape index (κ1) is 17.0.